The summed E-state index contributed by atoms with van der Waals surface area (Å²) in [4.78, 5) is 24.8. The molecule has 0 bridgehead atoms. The lowest BCUT2D eigenvalue weighted by molar-refractivity contribution is -0.137. The molecule has 2 N–H and O–H groups in total. The number of aliphatic carboxylic acids is 1. The number of hydrogen-bond donors (Lipinski definition) is 2. The molecule has 0 fully saturated rings. The first-order chi connectivity index (χ1) is 11.9. The van der Waals surface area contributed by atoms with Gasteiger partial charge in [-0.1, -0.05) is 30.3 Å². The normalized spacial score (nSPS) is 11.8. The predicted molar refractivity (Wildman–Crippen MR) is 101 cm³/mol. The minimum Gasteiger partial charge on any atom is -0.481 e. The van der Waals surface area contributed by atoms with Gasteiger partial charge in [-0.25, -0.2) is 0 Å². The Morgan fingerprint density at radius 2 is 1.68 bits per heavy atom. The van der Waals surface area contributed by atoms with E-state index in [2.05, 4.69) is 5.32 Å². The summed E-state index contributed by atoms with van der Waals surface area (Å²) in [7, 11) is 0. The van der Waals surface area contributed by atoms with Crippen LogP contribution in [0, 0.1) is 13.8 Å². The van der Waals surface area contributed by atoms with Gasteiger partial charge in [0.25, 0.3) is 0 Å². The highest BCUT2D eigenvalue weighted by atomic mass is 32.2. The maximum absolute atomic E-state index is 12.5. The highest BCUT2D eigenvalue weighted by molar-refractivity contribution is 7.98. The average Bonchev–Trinajstić information content (AvgIpc) is 2.57. The van der Waals surface area contributed by atoms with Crippen LogP contribution in [0.1, 0.15) is 34.7 Å². The SMILES string of the molecule is CSc1ccc(C(CC(=O)O)NC(=O)Cc2c(C)cccc2C)cc1. The second-order valence-electron chi connectivity index (χ2n) is 6.04. The molecule has 0 aliphatic rings. The molecule has 25 heavy (non-hydrogen) atoms. The van der Waals surface area contributed by atoms with Crippen LogP contribution in [-0.4, -0.2) is 23.2 Å². The molecule has 0 aliphatic heterocycles. The molecule has 2 aromatic carbocycles. The van der Waals surface area contributed by atoms with Gasteiger partial charge in [0.2, 0.25) is 5.91 Å². The van der Waals surface area contributed by atoms with E-state index in [0.29, 0.717) is 0 Å². The quantitative estimate of drug-likeness (QED) is 0.738. The summed E-state index contributed by atoms with van der Waals surface area (Å²) in [6.45, 7) is 3.96. The van der Waals surface area contributed by atoms with E-state index in [4.69, 9.17) is 0 Å². The number of aryl methyl sites for hydroxylation is 2. The van der Waals surface area contributed by atoms with Gasteiger partial charge < -0.3 is 10.4 Å². The lowest BCUT2D eigenvalue weighted by Gasteiger charge is -2.19. The molecule has 1 unspecified atom stereocenters. The molecule has 0 aliphatic carbocycles. The Labute approximate surface area is 152 Å². The number of carboxylic acids is 1. The topological polar surface area (TPSA) is 66.4 Å². The van der Waals surface area contributed by atoms with Crippen molar-refractivity contribution in [2.75, 3.05) is 6.26 Å². The maximum Gasteiger partial charge on any atom is 0.305 e. The maximum atomic E-state index is 12.5. The second kappa shape index (κ2) is 8.72. The number of thioether (sulfide) groups is 1. The Kier molecular flexibility index (Phi) is 6.65. The van der Waals surface area contributed by atoms with Crippen LogP contribution in [0.3, 0.4) is 0 Å². The summed E-state index contributed by atoms with van der Waals surface area (Å²) in [6, 6.07) is 13.0. The first kappa shape index (κ1) is 19.1. The van der Waals surface area contributed by atoms with E-state index in [-0.39, 0.29) is 18.7 Å². The first-order valence-electron chi connectivity index (χ1n) is 8.11. The van der Waals surface area contributed by atoms with Crippen LogP contribution in [0.5, 0.6) is 0 Å². The van der Waals surface area contributed by atoms with Crippen molar-refractivity contribution in [3.63, 3.8) is 0 Å². The molecule has 0 radical (unpaired) electrons. The van der Waals surface area contributed by atoms with Crippen LogP contribution in [0.15, 0.2) is 47.4 Å². The fourth-order valence-corrected chi connectivity index (χ4v) is 3.21. The van der Waals surface area contributed by atoms with E-state index in [1.807, 2.05) is 62.6 Å². The fraction of sp³-hybridized carbons (Fsp3) is 0.300. The standard InChI is InChI=1S/C20H23NO3S/c1-13-5-4-6-14(2)17(13)11-19(22)21-18(12-20(23)24)15-7-9-16(25-3)10-8-15/h4-10,18H,11-12H2,1-3H3,(H,21,22)(H,23,24). The molecular weight excluding hydrogens is 334 g/mol. The van der Waals surface area contributed by atoms with Crippen LogP contribution in [0.4, 0.5) is 0 Å². The van der Waals surface area contributed by atoms with Gasteiger partial charge in [-0.05, 0) is 54.5 Å². The molecule has 1 atom stereocenters. The van der Waals surface area contributed by atoms with Gasteiger partial charge >= 0.3 is 5.97 Å². The smallest absolute Gasteiger partial charge is 0.305 e. The van der Waals surface area contributed by atoms with Gasteiger partial charge in [-0.2, -0.15) is 0 Å². The van der Waals surface area contributed by atoms with Crippen molar-refractivity contribution >= 4 is 23.6 Å². The Morgan fingerprint density at radius 3 is 2.20 bits per heavy atom. The third kappa shape index (κ3) is 5.36. The van der Waals surface area contributed by atoms with E-state index in [0.717, 1.165) is 27.1 Å². The van der Waals surface area contributed by atoms with Crippen LogP contribution < -0.4 is 5.32 Å². The molecule has 2 aromatic rings. The molecule has 0 saturated carbocycles. The van der Waals surface area contributed by atoms with Gasteiger partial charge in [0.05, 0.1) is 18.9 Å². The number of rotatable bonds is 7. The van der Waals surface area contributed by atoms with E-state index < -0.39 is 12.0 Å². The number of amides is 1. The summed E-state index contributed by atoms with van der Waals surface area (Å²) in [6.07, 6.45) is 2.09. The number of benzene rings is 2. The lowest BCUT2D eigenvalue weighted by atomic mass is 9.99. The van der Waals surface area contributed by atoms with Crippen molar-refractivity contribution in [2.24, 2.45) is 0 Å². The van der Waals surface area contributed by atoms with Crippen LogP contribution in [0.25, 0.3) is 0 Å². The summed E-state index contributed by atoms with van der Waals surface area (Å²) in [5, 5.41) is 12.1. The van der Waals surface area contributed by atoms with Gasteiger partial charge in [0, 0.05) is 4.90 Å². The number of carbonyl (C=O) groups excluding carboxylic acids is 1. The number of carboxylic acid groups (broad SMARTS) is 1. The van der Waals surface area contributed by atoms with Gasteiger partial charge in [-0.3, -0.25) is 9.59 Å². The van der Waals surface area contributed by atoms with Crippen LogP contribution in [0.2, 0.25) is 0 Å². The van der Waals surface area contributed by atoms with Gasteiger partial charge in [-0.15, -0.1) is 11.8 Å². The Hall–Kier alpha value is -2.27. The van der Waals surface area contributed by atoms with Crippen molar-refractivity contribution in [1.82, 2.24) is 5.32 Å². The second-order valence-corrected chi connectivity index (χ2v) is 6.92. The van der Waals surface area contributed by atoms with E-state index in [9.17, 15) is 14.7 Å². The Balaban J connectivity index is 2.15. The highest BCUT2D eigenvalue weighted by Gasteiger charge is 2.19. The average molecular weight is 357 g/mol. The third-order valence-electron chi connectivity index (χ3n) is 4.21. The molecule has 0 aromatic heterocycles. The molecular formula is C20H23NO3S. The van der Waals surface area contributed by atoms with Crippen molar-refractivity contribution in [1.29, 1.82) is 0 Å². The number of nitrogens with one attached hydrogen (secondary N) is 1. The van der Waals surface area contributed by atoms with Gasteiger partial charge in [0.1, 0.15) is 0 Å². The summed E-state index contributed by atoms with van der Waals surface area (Å²) in [5.41, 5.74) is 3.92. The van der Waals surface area contributed by atoms with Crippen molar-refractivity contribution in [2.45, 2.75) is 37.6 Å². The minimum atomic E-state index is -0.939. The summed E-state index contributed by atoms with van der Waals surface area (Å²) in [5.74, 6) is -1.11. The number of hydrogen-bond acceptors (Lipinski definition) is 3. The first-order valence-corrected chi connectivity index (χ1v) is 9.33. The zero-order chi connectivity index (χ0) is 18.4. The van der Waals surface area contributed by atoms with Crippen molar-refractivity contribution in [3.8, 4) is 0 Å². The van der Waals surface area contributed by atoms with Crippen molar-refractivity contribution < 1.29 is 14.7 Å². The molecule has 2 rings (SSSR count). The largest absolute Gasteiger partial charge is 0.481 e. The number of carbonyl (C=O) groups is 2. The van der Waals surface area contributed by atoms with Crippen LogP contribution in [-0.2, 0) is 16.0 Å². The molecule has 0 spiro atoms. The lowest BCUT2D eigenvalue weighted by Crippen LogP contribution is -2.31. The molecule has 1 amide bonds. The third-order valence-corrected chi connectivity index (χ3v) is 4.96. The van der Waals surface area contributed by atoms with Crippen molar-refractivity contribution in [3.05, 3.63) is 64.7 Å². The fourth-order valence-electron chi connectivity index (χ4n) is 2.80. The van der Waals surface area contributed by atoms with Gasteiger partial charge in [0.15, 0.2) is 0 Å². The minimum absolute atomic E-state index is 0.142. The highest BCUT2D eigenvalue weighted by Crippen LogP contribution is 2.22. The molecule has 0 heterocycles. The monoisotopic (exact) mass is 357 g/mol. The van der Waals surface area contributed by atoms with E-state index in [1.165, 1.54) is 0 Å². The zero-order valence-electron chi connectivity index (χ0n) is 14.7. The molecule has 0 saturated heterocycles. The Morgan fingerprint density at radius 1 is 1.08 bits per heavy atom. The zero-order valence-corrected chi connectivity index (χ0v) is 15.5. The van der Waals surface area contributed by atoms with E-state index >= 15 is 0 Å². The molecule has 132 valence electrons. The predicted octanol–water partition coefficient (Wildman–Crippen LogP) is 3.90. The summed E-state index contributed by atoms with van der Waals surface area (Å²) >= 11 is 1.62. The summed E-state index contributed by atoms with van der Waals surface area (Å²) < 4.78 is 0. The molecule has 5 heteroatoms. The van der Waals surface area contributed by atoms with E-state index in [1.54, 1.807) is 11.8 Å². The van der Waals surface area contributed by atoms with Crippen LogP contribution >= 0.6 is 11.8 Å². The molecule has 4 nitrogen and oxygen atoms in total. The Bertz CT molecular complexity index is 736.